The molecule has 19 heavy (non-hydrogen) atoms. The van der Waals surface area contributed by atoms with Crippen molar-refractivity contribution in [2.24, 2.45) is 0 Å². The summed E-state index contributed by atoms with van der Waals surface area (Å²) in [6.07, 6.45) is 3.83. The summed E-state index contributed by atoms with van der Waals surface area (Å²) in [5, 5.41) is 3.31. The van der Waals surface area contributed by atoms with Crippen molar-refractivity contribution < 1.29 is 0 Å². The molecule has 0 aliphatic rings. The average molecular weight is 255 g/mol. The first-order valence-corrected chi connectivity index (χ1v) is 6.57. The molecule has 0 aliphatic carbocycles. The maximum absolute atomic E-state index is 4.45. The van der Waals surface area contributed by atoms with Gasteiger partial charge in [0.25, 0.3) is 0 Å². The highest BCUT2D eigenvalue weighted by Gasteiger charge is 2.13. The van der Waals surface area contributed by atoms with Crippen molar-refractivity contribution in [1.82, 2.24) is 9.97 Å². The molecule has 2 aromatic rings. The van der Waals surface area contributed by atoms with Gasteiger partial charge in [0.2, 0.25) is 0 Å². The van der Waals surface area contributed by atoms with Crippen LogP contribution in [-0.4, -0.2) is 9.97 Å². The van der Waals surface area contributed by atoms with Crippen LogP contribution in [0.25, 0.3) is 0 Å². The minimum Gasteiger partial charge on any atom is -0.366 e. The maximum Gasteiger partial charge on any atom is 0.126 e. The van der Waals surface area contributed by atoms with Crippen LogP contribution in [0.3, 0.4) is 0 Å². The largest absolute Gasteiger partial charge is 0.366 e. The van der Waals surface area contributed by atoms with Crippen molar-refractivity contribution >= 4 is 5.82 Å². The first kappa shape index (κ1) is 13.5. The molecule has 3 heteroatoms. The van der Waals surface area contributed by atoms with E-state index in [9.17, 15) is 0 Å². The van der Waals surface area contributed by atoms with Crippen molar-refractivity contribution in [3.63, 3.8) is 0 Å². The predicted molar refractivity (Wildman–Crippen MR) is 79.2 cm³/mol. The second kappa shape index (κ2) is 5.39. The molecule has 0 amide bonds. The molecule has 0 atom stereocenters. The van der Waals surface area contributed by atoms with Crippen LogP contribution in [0.5, 0.6) is 0 Å². The Hall–Kier alpha value is -1.90. The highest BCUT2D eigenvalue weighted by molar-refractivity contribution is 5.37. The standard InChI is InChI=1S/C16H21N3/c1-12-5-6-13(9-17-12)10-18-15-8-7-14(11-19-15)16(2,3)4/h5-9,11H,10H2,1-4H3,(H,18,19). The van der Waals surface area contributed by atoms with E-state index in [0.717, 1.165) is 23.6 Å². The quantitative estimate of drug-likeness (QED) is 0.908. The van der Waals surface area contributed by atoms with Crippen LogP contribution in [0.1, 0.15) is 37.6 Å². The molecule has 0 aliphatic heterocycles. The molecule has 0 saturated carbocycles. The molecule has 3 nitrogen and oxygen atoms in total. The zero-order chi connectivity index (χ0) is 13.9. The fraction of sp³-hybridized carbons (Fsp3) is 0.375. The fourth-order valence-electron chi connectivity index (χ4n) is 1.74. The van der Waals surface area contributed by atoms with Crippen molar-refractivity contribution in [3.05, 3.63) is 53.5 Å². The van der Waals surface area contributed by atoms with Gasteiger partial charge in [-0.1, -0.05) is 32.9 Å². The molecule has 2 heterocycles. The van der Waals surface area contributed by atoms with E-state index < -0.39 is 0 Å². The Morgan fingerprint density at radius 1 is 1.00 bits per heavy atom. The maximum atomic E-state index is 4.45. The van der Waals surface area contributed by atoms with E-state index in [4.69, 9.17) is 0 Å². The van der Waals surface area contributed by atoms with Gasteiger partial charge >= 0.3 is 0 Å². The van der Waals surface area contributed by atoms with E-state index in [0.29, 0.717) is 0 Å². The molecule has 0 fully saturated rings. The smallest absolute Gasteiger partial charge is 0.126 e. The Morgan fingerprint density at radius 3 is 2.32 bits per heavy atom. The van der Waals surface area contributed by atoms with Crippen LogP contribution in [0.15, 0.2) is 36.7 Å². The van der Waals surface area contributed by atoms with Crippen LogP contribution in [-0.2, 0) is 12.0 Å². The molecule has 2 aromatic heterocycles. The molecular weight excluding hydrogens is 234 g/mol. The van der Waals surface area contributed by atoms with E-state index in [1.54, 1.807) is 0 Å². The van der Waals surface area contributed by atoms with Crippen LogP contribution >= 0.6 is 0 Å². The fourth-order valence-corrected chi connectivity index (χ4v) is 1.74. The van der Waals surface area contributed by atoms with Crippen LogP contribution in [0.2, 0.25) is 0 Å². The minimum atomic E-state index is 0.145. The minimum absolute atomic E-state index is 0.145. The van der Waals surface area contributed by atoms with Gasteiger partial charge in [0, 0.05) is 24.6 Å². The second-order valence-electron chi connectivity index (χ2n) is 5.84. The normalized spacial score (nSPS) is 11.4. The lowest BCUT2D eigenvalue weighted by Gasteiger charge is -2.18. The van der Waals surface area contributed by atoms with Gasteiger partial charge in [0.05, 0.1) is 0 Å². The van der Waals surface area contributed by atoms with E-state index in [-0.39, 0.29) is 5.41 Å². The van der Waals surface area contributed by atoms with Gasteiger partial charge < -0.3 is 5.32 Å². The van der Waals surface area contributed by atoms with Crippen molar-refractivity contribution in [1.29, 1.82) is 0 Å². The number of pyridine rings is 2. The lowest BCUT2D eigenvalue weighted by Crippen LogP contribution is -2.11. The van der Waals surface area contributed by atoms with Crippen molar-refractivity contribution in [3.8, 4) is 0 Å². The summed E-state index contributed by atoms with van der Waals surface area (Å²) in [6, 6.07) is 8.26. The third kappa shape index (κ3) is 3.78. The molecule has 2 rings (SSSR count). The summed E-state index contributed by atoms with van der Waals surface area (Å²) in [7, 11) is 0. The van der Waals surface area contributed by atoms with Gasteiger partial charge in [-0.3, -0.25) is 4.98 Å². The molecule has 0 bridgehead atoms. The Bertz CT molecular complexity index is 521. The Balaban J connectivity index is 1.98. The molecule has 1 N–H and O–H groups in total. The first-order chi connectivity index (χ1) is 8.95. The second-order valence-corrected chi connectivity index (χ2v) is 5.84. The number of hydrogen-bond acceptors (Lipinski definition) is 3. The lowest BCUT2D eigenvalue weighted by atomic mass is 9.88. The number of nitrogens with one attached hydrogen (secondary N) is 1. The molecule has 0 radical (unpaired) electrons. The molecular formula is C16H21N3. The van der Waals surface area contributed by atoms with Crippen LogP contribution in [0, 0.1) is 6.92 Å². The summed E-state index contributed by atoms with van der Waals surface area (Å²) >= 11 is 0. The third-order valence-corrected chi connectivity index (χ3v) is 3.08. The van der Waals surface area contributed by atoms with E-state index in [1.807, 2.05) is 31.5 Å². The Labute approximate surface area is 115 Å². The molecule has 100 valence electrons. The van der Waals surface area contributed by atoms with Gasteiger partial charge in [-0.2, -0.15) is 0 Å². The van der Waals surface area contributed by atoms with Gasteiger partial charge in [0.15, 0.2) is 0 Å². The zero-order valence-corrected chi connectivity index (χ0v) is 12.1. The van der Waals surface area contributed by atoms with Crippen LogP contribution < -0.4 is 5.32 Å². The van der Waals surface area contributed by atoms with Gasteiger partial charge in [-0.05, 0) is 35.6 Å². The Morgan fingerprint density at radius 2 is 1.79 bits per heavy atom. The number of hydrogen-bond donors (Lipinski definition) is 1. The number of aryl methyl sites for hydroxylation is 1. The van der Waals surface area contributed by atoms with E-state index in [1.165, 1.54) is 5.56 Å². The third-order valence-electron chi connectivity index (χ3n) is 3.08. The first-order valence-electron chi connectivity index (χ1n) is 6.57. The summed E-state index contributed by atoms with van der Waals surface area (Å²) < 4.78 is 0. The number of aromatic nitrogens is 2. The van der Waals surface area contributed by atoms with Crippen molar-refractivity contribution in [2.75, 3.05) is 5.32 Å². The predicted octanol–water partition coefficient (Wildman–Crippen LogP) is 3.69. The van der Waals surface area contributed by atoms with E-state index in [2.05, 4.69) is 48.2 Å². The summed E-state index contributed by atoms with van der Waals surface area (Å²) in [5.41, 5.74) is 3.59. The molecule has 0 aromatic carbocycles. The zero-order valence-electron chi connectivity index (χ0n) is 12.1. The molecule has 0 unspecified atom stereocenters. The van der Waals surface area contributed by atoms with Gasteiger partial charge in [-0.15, -0.1) is 0 Å². The molecule has 0 spiro atoms. The lowest BCUT2D eigenvalue weighted by molar-refractivity contribution is 0.587. The van der Waals surface area contributed by atoms with Crippen LogP contribution in [0.4, 0.5) is 5.82 Å². The number of rotatable bonds is 3. The van der Waals surface area contributed by atoms with Gasteiger partial charge in [-0.25, -0.2) is 4.98 Å². The van der Waals surface area contributed by atoms with Gasteiger partial charge in [0.1, 0.15) is 5.82 Å². The number of nitrogens with zero attached hydrogens (tertiary/aromatic N) is 2. The monoisotopic (exact) mass is 255 g/mol. The van der Waals surface area contributed by atoms with E-state index >= 15 is 0 Å². The molecule has 0 saturated heterocycles. The summed E-state index contributed by atoms with van der Waals surface area (Å²) in [5.74, 6) is 0.897. The summed E-state index contributed by atoms with van der Waals surface area (Å²) in [4.78, 5) is 8.72. The Kier molecular flexibility index (Phi) is 3.84. The topological polar surface area (TPSA) is 37.8 Å². The highest BCUT2D eigenvalue weighted by Crippen LogP contribution is 2.21. The SMILES string of the molecule is Cc1ccc(CNc2ccc(C(C)(C)C)cn2)cn1. The summed E-state index contributed by atoms with van der Waals surface area (Å²) in [6.45, 7) is 9.30. The highest BCUT2D eigenvalue weighted by atomic mass is 15.0. The van der Waals surface area contributed by atoms with Crippen molar-refractivity contribution in [2.45, 2.75) is 39.7 Å². The average Bonchev–Trinajstić information content (AvgIpc) is 2.37. The number of anilines is 1.